The Balaban J connectivity index is 1.63. The quantitative estimate of drug-likeness (QED) is 0.465. The molecule has 0 saturated carbocycles. The van der Waals surface area contributed by atoms with E-state index in [2.05, 4.69) is 50.1 Å². The third-order valence-electron chi connectivity index (χ3n) is 4.81. The van der Waals surface area contributed by atoms with Gasteiger partial charge in [0.15, 0.2) is 11.5 Å². The topological polar surface area (TPSA) is 55.1 Å². The first-order valence-electron chi connectivity index (χ1n) is 9.50. The molecule has 0 bridgehead atoms. The zero-order chi connectivity index (χ0) is 19.5. The number of aromatic nitrogens is 4. The molecule has 5 aromatic rings. The van der Waals surface area contributed by atoms with Gasteiger partial charge >= 0.3 is 0 Å². The minimum atomic E-state index is 0.627. The van der Waals surface area contributed by atoms with Gasteiger partial charge in [-0.1, -0.05) is 66.7 Å². The van der Waals surface area contributed by atoms with Crippen LogP contribution in [-0.4, -0.2) is 19.4 Å². The molecule has 3 heterocycles. The minimum Gasteiger partial charge on any atom is -0.363 e. The molecule has 2 aromatic carbocycles. The average Bonchev–Trinajstić information content (AvgIpc) is 3.23. The van der Waals surface area contributed by atoms with Gasteiger partial charge in [0.05, 0.1) is 17.6 Å². The third kappa shape index (κ3) is 3.46. The number of pyridine rings is 1. The van der Waals surface area contributed by atoms with Crippen LogP contribution in [0.15, 0.2) is 97.6 Å². The van der Waals surface area contributed by atoms with Crippen molar-refractivity contribution in [3.05, 3.63) is 103 Å². The predicted octanol–water partition coefficient (Wildman–Crippen LogP) is 5.07. The lowest BCUT2D eigenvalue weighted by Gasteiger charge is -2.11. The number of benzene rings is 2. The summed E-state index contributed by atoms with van der Waals surface area (Å²) in [5.41, 5.74) is 5.99. The molecule has 0 spiro atoms. The van der Waals surface area contributed by atoms with Crippen LogP contribution in [0.3, 0.4) is 0 Å². The number of hydrogen-bond donors (Lipinski definition) is 1. The SMILES string of the molecule is c1ccc(-c2cn3c(-c4ccccc4)cnc3c(NCc3cccnc3)n2)cc1. The highest BCUT2D eigenvalue weighted by molar-refractivity contribution is 5.74. The van der Waals surface area contributed by atoms with Gasteiger partial charge in [-0.15, -0.1) is 0 Å². The van der Waals surface area contributed by atoms with E-state index in [0.717, 1.165) is 39.5 Å². The van der Waals surface area contributed by atoms with Gasteiger partial charge < -0.3 is 5.32 Å². The fourth-order valence-corrected chi connectivity index (χ4v) is 3.37. The molecule has 0 fully saturated rings. The molecular weight excluding hydrogens is 358 g/mol. The molecule has 140 valence electrons. The van der Waals surface area contributed by atoms with Crippen LogP contribution in [0.1, 0.15) is 5.56 Å². The van der Waals surface area contributed by atoms with Crippen LogP contribution in [-0.2, 0) is 6.54 Å². The Morgan fingerprint density at radius 3 is 2.28 bits per heavy atom. The Kier molecular flexibility index (Phi) is 4.47. The maximum absolute atomic E-state index is 4.88. The summed E-state index contributed by atoms with van der Waals surface area (Å²) in [6, 6.07) is 24.4. The summed E-state index contributed by atoms with van der Waals surface area (Å²) in [7, 11) is 0. The molecule has 5 rings (SSSR count). The molecule has 0 amide bonds. The smallest absolute Gasteiger partial charge is 0.180 e. The van der Waals surface area contributed by atoms with Crippen LogP contribution >= 0.6 is 0 Å². The van der Waals surface area contributed by atoms with Crippen LogP contribution in [0.2, 0.25) is 0 Å². The molecule has 5 heteroatoms. The van der Waals surface area contributed by atoms with Gasteiger partial charge in [0.25, 0.3) is 0 Å². The summed E-state index contributed by atoms with van der Waals surface area (Å²) in [5.74, 6) is 0.748. The molecule has 0 saturated heterocycles. The van der Waals surface area contributed by atoms with Crippen molar-refractivity contribution >= 4 is 11.5 Å². The Morgan fingerprint density at radius 1 is 0.793 bits per heavy atom. The normalized spacial score (nSPS) is 10.9. The standard InChI is InChI=1S/C24H19N5/c1-3-9-19(10-4-1)21-17-29-22(20-11-5-2-6-12-20)16-27-24(29)23(28-21)26-15-18-8-7-13-25-14-18/h1-14,16-17H,15H2,(H,26,28). The van der Waals surface area contributed by atoms with Gasteiger partial charge in [0.1, 0.15) is 0 Å². The Hall–Kier alpha value is -3.99. The number of nitrogens with zero attached hydrogens (tertiary/aromatic N) is 4. The summed E-state index contributed by atoms with van der Waals surface area (Å²) in [6.45, 7) is 0.627. The highest BCUT2D eigenvalue weighted by atomic mass is 15.1. The van der Waals surface area contributed by atoms with Gasteiger partial charge in [0, 0.05) is 36.3 Å². The van der Waals surface area contributed by atoms with Crippen molar-refractivity contribution in [3.63, 3.8) is 0 Å². The van der Waals surface area contributed by atoms with Crippen molar-refractivity contribution in [2.24, 2.45) is 0 Å². The molecule has 0 aliphatic heterocycles. The van der Waals surface area contributed by atoms with E-state index in [1.807, 2.05) is 60.9 Å². The second kappa shape index (κ2) is 7.56. The fourth-order valence-electron chi connectivity index (χ4n) is 3.37. The summed E-state index contributed by atoms with van der Waals surface area (Å²) >= 11 is 0. The van der Waals surface area contributed by atoms with Gasteiger partial charge in [-0.25, -0.2) is 9.97 Å². The van der Waals surface area contributed by atoms with E-state index in [1.54, 1.807) is 6.20 Å². The molecule has 0 unspecified atom stereocenters. The van der Waals surface area contributed by atoms with E-state index >= 15 is 0 Å². The van der Waals surface area contributed by atoms with E-state index in [0.29, 0.717) is 6.54 Å². The molecule has 3 aromatic heterocycles. The number of imidazole rings is 1. The van der Waals surface area contributed by atoms with Crippen LogP contribution in [0.5, 0.6) is 0 Å². The van der Waals surface area contributed by atoms with Gasteiger partial charge in [0.2, 0.25) is 0 Å². The van der Waals surface area contributed by atoms with Crippen LogP contribution in [0.25, 0.3) is 28.2 Å². The zero-order valence-corrected chi connectivity index (χ0v) is 15.7. The number of anilines is 1. The largest absolute Gasteiger partial charge is 0.363 e. The summed E-state index contributed by atoms with van der Waals surface area (Å²) in [6.07, 6.45) is 7.58. The first-order valence-corrected chi connectivity index (χ1v) is 9.50. The number of fused-ring (bicyclic) bond motifs is 1. The van der Waals surface area contributed by atoms with Gasteiger partial charge in [-0.2, -0.15) is 0 Å². The molecule has 0 radical (unpaired) electrons. The van der Waals surface area contributed by atoms with Crippen molar-refractivity contribution in [1.29, 1.82) is 0 Å². The second-order valence-corrected chi connectivity index (χ2v) is 6.76. The molecular formula is C24H19N5. The lowest BCUT2D eigenvalue weighted by atomic mass is 10.1. The molecule has 0 atom stereocenters. The molecule has 1 N–H and O–H groups in total. The lowest BCUT2D eigenvalue weighted by Crippen LogP contribution is -2.05. The predicted molar refractivity (Wildman–Crippen MR) is 115 cm³/mol. The van der Waals surface area contributed by atoms with E-state index in [1.165, 1.54) is 0 Å². The monoisotopic (exact) mass is 377 g/mol. The van der Waals surface area contributed by atoms with E-state index in [-0.39, 0.29) is 0 Å². The molecule has 5 nitrogen and oxygen atoms in total. The molecule has 0 aliphatic carbocycles. The Bertz CT molecular complexity index is 1230. The summed E-state index contributed by atoms with van der Waals surface area (Å²) < 4.78 is 2.11. The van der Waals surface area contributed by atoms with Gasteiger partial charge in [-0.05, 0) is 11.6 Å². The fraction of sp³-hybridized carbons (Fsp3) is 0.0417. The van der Waals surface area contributed by atoms with E-state index < -0.39 is 0 Å². The first-order chi connectivity index (χ1) is 14.4. The zero-order valence-electron chi connectivity index (χ0n) is 15.7. The summed E-state index contributed by atoms with van der Waals surface area (Å²) in [4.78, 5) is 13.7. The van der Waals surface area contributed by atoms with Gasteiger partial charge in [-0.3, -0.25) is 9.38 Å². The van der Waals surface area contributed by atoms with Crippen LogP contribution in [0, 0.1) is 0 Å². The Morgan fingerprint density at radius 2 is 1.55 bits per heavy atom. The van der Waals surface area contributed by atoms with Crippen LogP contribution < -0.4 is 5.32 Å². The number of rotatable bonds is 5. The molecule has 29 heavy (non-hydrogen) atoms. The maximum Gasteiger partial charge on any atom is 0.180 e. The minimum absolute atomic E-state index is 0.627. The van der Waals surface area contributed by atoms with Crippen LogP contribution in [0.4, 0.5) is 5.82 Å². The number of hydrogen-bond acceptors (Lipinski definition) is 4. The van der Waals surface area contributed by atoms with Crippen molar-refractivity contribution in [3.8, 4) is 22.5 Å². The first kappa shape index (κ1) is 17.1. The third-order valence-corrected chi connectivity index (χ3v) is 4.81. The van der Waals surface area contributed by atoms with Crippen molar-refractivity contribution in [1.82, 2.24) is 19.4 Å². The highest BCUT2D eigenvalue weighted by Crippen LogP contribution is 2.27. The molecule has 0 aliphatic rings. The highest BCUT2D eigenvalue weighted by Gasteiger charge is 2.13. The van der Waals surface area contributed by atoms with Crippen molar-refractivity contribution in [2.45, 2.75) is 6.54 Å². The van der Waals surface area contributed by atoms with Crippen molar-refractivity contribution < 1.29 is 0 Å². The van der Waals surface area contributed by atoms with Crippen molar-refractivity contribution in [2.75, 3.05) is 5.32 Å². The maximum atomic E-state index is 4.88. The van der Waals surface area contributed by atoms with E-state index in [4.69, 9.17) is 4.98 Å². The number of nitrogens with one attached hydrogen (secondary N) is 1. The second-order valence-electron chi connectivity index (χ2n) is 6.76. The average molecular weight is 377 g/mol. The lowest BCUT2D eigenvalue weighted by molar-refractivity contribution is 1.06. The van der Waals surface area contributed by atoms with E-state index in [9.17, 15) is 0 Å². The Labute approximate surface area is 168 Å². The summed E-state index contributed by atoms with van der Waals surface area (Å²) in [5, 5.41) is 3.44.